The van der Waals surface area contributed by atoms with Crippen LogP contribution in [0.3, 0.4) is 0 Å². The topological polar surface area (TPSA) is 15.3 Å². The summed E-state index contributed by atoms with van der Waals surface area (Å²) in [6.45, 7) is 10.5. The number of nitrogens with zero attached hydrogens (tertiary/aromatic N) is 1. The number of likely N-dealkylation sites (tertiary alicyclic amines) is 1. The summed E-state index contributed by atoms with van der Waals surface area (Å²) in [7, 11) is 0. The van der Waals surface area contributed by atoms with Gasteiger partial charge >= 0.3 is 0 Å². The predicted octanol–water partition coefficient (Wildman–Crippen LogP) is 2.51. The van der Waals surface area contributed by atoms with Crippen LogP contribution in [0.5, 0.6) is 0 Å². The molecule has 1 aliphatic rings. The molecule has 0 unspecified atom stereocenters. The maximum Gasteiger partial charge on any atom is 0.0206 e. The van der Waals surface area contributed by atoms with Crippen LogP contribution >= 0.6 is 0 Å². The Hall–Kier alpha value is -0.860. The Morgan fingerprint density at radius 3 is 2.65 bits per heavy atom. The molecule has 17 heavy (non-hydrogen) atoms. The molecule has 0 saturated carbocycles. The fourth-order valence-corrected chi connectivity index (χ4v) is 2.48. The summed E-state index contributed by atoms with van der Waals surface area (Å²) in [6.07, 6.45) is 1.34. The van der Waals surface area contributed by atoms with E-state index in [1.54, 1.807) is 0 Å². The van der Waals surface area contributed by atoms with Gasteiger partial charge in [0, 0.05) is 26.2 Å². The molecule has 0 aromatic heterocycles. The maximum atomic E-state index is 3.51. The van der Waals surface area contributed by atoms with Crippen LogP contribution in [-0.2, 0) is 6.54 Å². The lowest BCUT2D eigenvalue weighted by atomic mass is 9.93. The highest BCUT2D eigenvalue weighted by molar-refractivity contribution is 5.14. The number of rotatable bonds is 5. The number of nitrogens with one attached hydrogen (secondary N) is 1. The summed E-state index contributed by atoms with van der Waals surface area (Å²) in [5, 5.41) is 3.51. The molecule has 2 rings (SSSR count). The van der Waals surface area contributed by atoms with Crippen molar-refractivity contribution in [3.8, 4) is 0 Å². The molecule has 1 heterocycles. The molecular formula is C15H24N2. The van der Waals surface area contributed by atoms with Crippen molar-refractivity contribution in [3.05, 3.63) is 35.9 Å². The van der Waals surface area contributed by atoms with Crippen LogP contribution in [0.2, 0.25) is 0 Å². The first-order valence-electron chi connectivity index (χ1n) is 6.63. The lowest BCUT2D eigenvalue weighted by molar-refractivity contribution is 0.290. The fraction of sp³-hybridized carbons (Fsp3) is 0.600. The van der Waals surface area contributed by atoms with Gasteiger partial charge in [0.05, 0.1) is 0 Å². The molecule has 1 aliphatic heterocycles. The number of benzene rings is 1. The van der Waals surface area contributed by atoms with Gasteiger partial charge in [-0.25, -0.2) is 0 Å². The average molecular weight is 232 g/mol. The van der Waals surface area contributed by atoms with Crippen molar-refractivity contribution in [2.45, 2.75) is 26.8 Å². The summed E-state index contributed by atoms with van der Waals surface area (Å²) < 4.78 is 0. The largest absolute Gasteiger partial charge is 0.311 e. The van der Waals surface area contributed by atoms with E-state index in [-0.39, 0.29) is 0 Å². The predicted molar refractivity (Wildman–Crippen MR) is 73.0 cm³/mol. The highest BCUT2D eigenvalue weighted by atomic mass is 15.2. The van der Waals surface area contributed by atoms with Crippen LogP contribution in [0.25, 0.3) is 0 Å². The first-order valence-corrected chi connectivity index (χ1v) is 6.63. The van der Waals surface area contributed by atoms with Gasteiger partial charge in [-0.15, -0.1) is 0 Å². The minimum Gasteiger partial charge on any atom is -0.311 e. The van der Waals surface area contributed by atoms with Crippen LogP contribution in [0, 0.1) is 5.41 Å². The first-order chi connectivity index (χ1) is 8.16. The molecule has 0 atom stereocenters. The van der Waals surface area contributed by atoms with E-state index in [9.17, 15) is 0 Å². The monoisotopic (exact) mass is 232 g/mol. The van der Waals surface area contributed by atoms with Crippen LogP contribution < -0.4 is 5.32 Å². The average Bonchev–Trinajstić information content (AvgIpc) is 2.66. The van der Waals surface area contributed by atoms with E-state index in [2.05, 4.69) is 54.4 Å². The van der Waals surface area contributed by atoms with Gasteiger partial charge in [0.2, 0.25) is 0 Å². The molecule has 94 valence electrons. The number of hydrogen-bond acceptors (Lipinski definition) is 2. The fourth-order valence-electron chi connectivity index (χ4n) is 2.48. The van der Waals surface area contributed by atoms with Gasteiger partial charge in [0.15, 0.2) is 0 Å². The number of hydrogen-bond donors (Lipinski definition) is 1. The molecule has 1 fully saturated rings. The third-order valence-electron chi connectivity index (χ3n) is 3.53. The summed E-state index contributed by atoms with van der Waals surface area (Å²) in [4.78, 5) is 2.57. The van der Waals surface area contributed by atoms with E-state index in [0.717, 1.165) is 13.1 Å². The lowest BCUT2D eigenvalue weighted by Gasteiger charge is -2.19. The van der Waals surface area contributed by atoms with Crippen molar-refractivity contribution in [2.75, 3.05) is 26.2 Å². The summed E-state index contributed by atoms with van der Waals surface area (Å²) >= 11 is 0. The molecule has 0 radical (unpaired) electrons. The molecule has 1 saturated heterocycles. The first kappa shape index (κ1) is 12.6. The van der Waals surface area contributed by atoms with E-state index in [0.29, 0.717) is 5.41 Å². The molecule has 0 spiro atoms. The van der Waals surface area contributed by atoms with Gasteiger partial charge in [0.1, 0.15) is 0 Å². The molecule has 0 amide bonds. The second kappa shape index (κ2) is 5.65. The second-order valence-corrected chi connectivity index (χ2v) is 5.85. The van der Waals surface area contributed by atoms with Crippen LogP contribution in [0.1, 0.15) is 25.8 Å². The Kier molecular flexibility index (Phi) is 4.19. The highest BCUT2D eigenvalue weighted by Crippen LogP contribution is 2.28. The van der Waals surface area contributed by atoms with E-state index in [1.807, 2.05) is 0 Å². The Morgan fingerprint density at radius 1 is 1.24 bits per heavy atom. The summed E-state index contributed by atoms with van der Waals surface area (Å²) in [6, 6.07) is 10.6. The molecule has 1 aromatic carbocycles. The van der Waals surface area contributed by atoms with Gasteiger partial charge in [-0.2, -0.15) is 0 Å². The Bertz CT molecular complexity index is 332. The van der Waals surface area contributed by atoms with Crippen molar-refractivity contribution in [1.29, 1.82) is 0 Å². The van der Waals surface area contributed by atoms with Crippen molar-refractivity contribution in [1.82, 2.24) is 10.2 Å². The molecule has 2 heteroatoms. The van der Waals surface area contributed by atoms with Gasteiger partial charge in [-0.1, -0.05) is 44.2 Å². The second-order valence-electron chi connectivity index (χ2n) is 5.85. The maximum absolute atomic E-state index is 3.51. The van der Waals surface area contributed by atoms with Crippen LogP contribution in [0.4, 0.5) is 0 Å². The van der Waals surface area contributed by atoms with Crippen molar-refractivity contribution < 1.29 is 0 Å². The third kappa shape index (κ3) is 4.14. The summed E-state index contributed by atoms with van der Waals surface area (Å²) in [5.41, 5.74) is 1.90. The molecule has 0 aliphatic carbocycles. The standard InChI is InChI=1S/C15H24N2/c1-15(2)8-10-17(13-15)11-9-16-12-14-6-4-3-5-7-14/h3-7,16H,8-13H2,1-2H3. The zero-order valence-corrected chi connectivity index (χ0v) is 11.1. The van der Waals surface area contributed by atoms with Crippen molar-refractivity contribution >= 4 is 0 Å². The minimum absolute atomic E-state index is 0.527. The van der Waals surface area contributed by atoms with Gasteiger partial charge in [0.25, 0.3) is 0 Å². The lowest BCUT2D eigenvalue weighted by Crippen LogP contribution is -2.31. The summed E-state index contributed by atoms with van der Waals surface area (Å²) in [5.74, 6) is 0. The normalized spacial score (nSPS) is 19.6. The zero-order chi connectivity index (χ0) is 12.1. The molecule has 1 N–H and O–H groups in total. The quantitative estimate of drug-likeness (QED) is 0.785. The van der Waals surface area contributed by atoms with E-state index in [4.69, 9.17) is 0 Å². The van der Waals surface area contributed by atoms with Gasteiger partial charge < -0.3 is 10.2 Å². The third-order valence-corrected chi connectivity index (χ3v) is 3.53. The SMILES string of the molecule is CC1(C)CCN(CCNCc2ccccc2)C1. The molecule has 2 nitrogen and oxygen atoms in total. The van der Waals surface area contributed by atoms with Gasteiger partial charge in [-0.3, -0.25) is 0 Å². The Labute approximate surface area is 105 Å². The van der Waals surface area contributed by atoms with Crippen molar-refractivity contribution in [3.63, 3.8) is 0 Å². The smallest absolute Gasteiger partial charge is 0.0206 e. The van der Waals surface area contributed by atoms with Gasteiger partial charge in [-0.05, 0) is 23.9 Å². The van der Waals surface area contributed by atoms with Crippen LogP contribution in [0.15, 0.2) is 30.3 Å². The van der Waals surface area contributed by atoms with Crippen LogP contribution in [-0.4, -0.2) is 31.1 Å². The van der Waals surface area contributed by atoms with Crippen molar-refractivity contribution in [2.24, 2.45) is 5.41 Å². The molecule has 0 bridgehead atoms. The minimum atomic E-state index is 0.527. The Balaban J connectivity index is 1.61. The molecule has 1 aromatic rings. The van der Waals surface area contributed by atoms with E-state index in [1.165, 1.54) is 31.6 Å². The molecular weight excluding hydrogens is 208 g/mol. The van der Waals surface area contributed by atoms with E-state index >= 15 is 0 Å². The van der Waals surface area contributed by atoms with E-state index < -0.39 is 0 Å². The Morgan fingerprint density at radius 2 is 2.00 bits per heavy atom. The highest BCUT2D eigenvalue weighted by Gasteiger charge is 2.28. The zero-order valence-electron chi connectivity index (χ0n) is 11.1.